The monoisotopic (exact) mass is 400 g/mol. The van der Waals surface area contributed by atoms with Crippen LogP contribution >= 0.6 is 0 Å². The van der Waals surface area contributed by atoms with Crippen LogP contribution in [0.5, 0.6) is 0 Å². The number of carbonyl (C=O) groups excluding carboxylic acids is 1. The van der Waals surface area contributed by atoms with Crippen molar-refractivity contribution in [3.05, 3.63) is 68.9 Å². The van der Waals surface area contributed by atoms with Crippen LogP contribution in [0.15, 0.2) is 35.1 Å². The predicted octanol–water partition coefficient (Wildman–Crippen LogP) is 1.43. The molecule has 154 valence electrons. The van der Waals surface area contributed by atoms with Crippen LogP contribution in [-0.2, 0) is 19.3 Å². The number of hydrogen-bond acceptors (Lipinski definition) is 4. The van der Waals surface area contributed by atoms with Crippen molar-refractivity contribution in [2.45, 2.75) is 38.2 Å². The summed E-state index contributed by atoms with van der Waals surface area (Å²) in [5, 5.41) is 20.8. The number of H-pyrrole nitrogens is 1. The summed E-state index contributed by atoms with van der Waals surface area (Å²) < 4.78 is 13.2. The summed E-state index contributed by atoms with van der Waals surface area (Å²) in [6.45, 7) is 0.106. The lowest BCUT2D eigenvalue weighted by Gasteiger charge is -2.45. The average Bonchev–Trinajstić information content (AvgIpc) is 3.17. The highest BCUT2D eigenvalue weighted by atomic mass is 19.1. The van der Waals surface area contributed by atoms with Crippen LogP contribution in [0, 0.1) is 11.2 Å². The third-order valence-electron chi connectivity index (χ3n) is 6.28. The molecular weight excluding hydrogens is 375 g/mol. The number of piperidine rings is 1. The molecule has 0 bridgehead atoms. The van der Waals surface area contributed by atoms with Crippen LogP contribution in [0.2, 0.25) is 0 Å². The number of fused-ring (bicyclic) bond motifs is 1. The van der Waals surface area contributed by atoms with Crippen molar-refractivity contribution in [3.8, 4) is 0 Å². The molecule has 1 saturated heterocycles. The van der Waals surface area contributed by atoms with Crippen molar-refractivity contribution in [3.63, 3.8) is 0 Å². The molecule has 0 saturated carbocycles. The molecule has 0 unspecified atom stereocenters. The van der Waals surface area contributed by atoms with E-state index in [0.717, 1.165) is 36.1 Å². The third-order valence-corrected chi connectivity index (χ3v) is 6.28. The number of amides is 1. The van der Waals surface area contributed by atoms with Gasteiger partial charge < -0.3 is 20.1 Å². The summed E-state index contributed by atoms with van der Waals surface area (Å²) >= 11 is 0. The molecule has 0 spiro atoms. The minimum Gasteiger partial charge on any atom is -0.396 e. The number of aliphatic hydroxyl groups excluding tert-OH is 2. The minimum atomic E-state index is -0.963. The summed E-state index contributed by atoms with van der Waals surface area (Å²) in [4.78, 5) is 29.9. The molecule has 1 fully saturated rings. The van der Waals surface area contributed by atoms with E-state index < -0.39 is 17.1 Å². The van der Waals surface area contributed by atoms with Crippen molar-refractivity contribution < 1.29 is 19.4 Å². The number of halogens is 1. The second-order valence-electron chi connectivity index (χ2n) is 8.22. The molecule has 1 aromatic carbocycles. The molecule has 1 aromatic heterocycles. The Morgan fingerprint density at radius 1 is 1.28 bits per heavy atom. The van der Waals surface area contributed by atoms with Crippen LogP contribution in [0.25, 0.3) is 0 Å². The second kappa shape index (κ2) is 7.72. The van der Waals surface area contributed by atoms with E-state index in [-0.39, 0.29) is 30.4 Å². The average molecular weight is 400 g/mol. The fourth-order valence-electron chi connectivity index (χ4n) is 4.56. The predicted molar refractivity (Wildman–Crippen MR) is 105 cm³/mol. The molecule has 7 heteroatoms. The van der Waals surface area contributed by atoms with Gasteiger partial charge in [-0.25, -0.2) is 4.39 Å². The van der Waals surface area contributed by atoms with Gasteiger partial charge in [-0.3, -0.25) is 9.59 Å². The molecule has 2 aliphatic rings. The Bertz CT molecular complexity index is 972. The van der Waals surface area contributed by atoms with Gasteiger partial charge in [0.2, 0.25) is 0 Å². The summed E-state index contributed by atoms with van der Waals surface area (Å²) in [5.74, 6) is -0.742. The first kappa shape index (κ1) is 19.8. The molecule has 2 atom stereocenters. The van der Waals surface area contributed by atoms with Gasteiger partial charge >= 0.3 is 0 Å². The number of carbonyl (C=O) groups is 1. The Balaban J connectivity index is 1.60. The minimum absolute atomic E-state index is 0.107. The van der Waals surface area contributed by atoms with Gasteiger partial charge in [0, 0.05) is 24.2 Å². The number of pyridine rings is 1. The standard InChI is InChI=1S/C22H25FN2O4/c23-16-6-4-14(5-7-16)11-22(13-26)12-25(9-8-19(22)27)21(29)17-10-15-2-1-3-18(15)24-20(17)28/h4-7,10,19,26-27H,1-3,8-9,11-13H2,(H,24,28)/t19-,22-/m0/s1. The Morgan fingerprint density at radius 3 is 2.76 bits per heavy atom. The summed E-state index contributed by atoms with van der Waals surface area (Å²) in [7, 11) is 0. The molecule has 0 radical (unpaired) electrons. The van der Waals surface area contributed by atoms with Gasteiger partial charge in [-0.1, -0.05) is 12.1 Å². The third kappa shape index (κ3) is 3.72. The van der Waals surface area contributed by atoms with Crippen LogP contribution in [0.4, 0.5) is 4.39 Å². The van der Waals surface area contributed by atoms with Gasteiger partial charge in [0.15, 0.2) is 0 Å². The zero-order chi connectivity index (χ0) is 20.6. The van der Waals surface area contributed by atoms with E-state index >= 15 is 0 Å². The van der Waals surface area contributed by atoms with Crippen molar-refractivity contribution in [2.75, 3.05) is 19.7 Å². The SMILES string of the molecule is O=C(c1cc2c([nH]c1=O)CCC2)N1CC[C@H](O)[C@@](CO)(Cc2ccc(F)cc2)C1. The highest BCUT2D eigenvalue weighted by Gasteiger charge is 2.44. The zero-order valence-corrected chi connectivity index (χ0v) is 16.2. The van der Waals surface area contributed by atoms with E-state index in [1.54, 1.807) is 23.1 Å². The Hall–Kier alpha value is -2.51. The van der Waals surface area contributed by atoms with Gasteiger partial charge in [-0.2, -0.15) is 0 Å². The van der Waals surface area contributed by atoms with Gasteiger partial charge in [0.05, 0.1) is 12.7 Å². The number of aromatic nitrogens is 1. The first-order valence-electron chi connectivity index (χ1n) is 9.99. The number of aryl methyl sites for hydroxylation is 2. The van der Waals surface area contributed by atoms with Crippen molar-refractivity contribution >= 4 is 5.91 Å². The molecule has 4 rings (SSSR count). The largest absolute Gasteiger partial charge is 0.396 e. The Kier molecular flexibility index (Phi) is 5.27. The Labute approximate surface area is 168 Å². The van der Waals surface area contributed by atoms with Crippen LogP contribution in [0.1, 0.15) is 40.0 Å². The highest BCUT2D eigenvalue weighted by molar-refractivity contribution is 5.94. The lowest BCUT2D eigenvalue weighted by molar-refractivity contribution is -0.0669. The van der Waals surface area contributed by atoms with E-state index in [9.17, 15) is 24.2 Å². The van der Waals surface area contributed by atoms with Crippen LogP contribution in [0.3, 0.4) is 0 Å². The van der Waals surface area contributed by atoms with E-state index in [0.29, 0.717) is 19.4 Å². The molecule has 29 heavy (non-hydrogen) atoms. The quantitative estimate of drug-likeness (QED) is 0.724. The lowest BCUT2D eigenvalue weighted by atomic mass is 9.73. The van der Waals surface area contributed by atoms with E-state index in [1.807, 2.05) is 0 Å². The molecule has 1 amide bonds. The molecule has 3 N–H and O–H groups in total. The maximum atomic E-state index is 13.2. The van der Waals surface area contributed by atoms with Crippen LogP contribution < -0.4 is 5.56 Å². The van der Waals surface area contributed by atoms with Gasteiger partial charge in [0.1, 0.15) is 11.4 Å². The second-order valence-corrected chi connectivity index (χ2v) is 8.22. The first-order chi connectivity index (χ1) is 13.9. The van der Waals surface area contributed by atoms with Crippen molar-refractivity contribution in [1.82, 2.24) is 9.88 Å². The smallest absolute Gasteiger partial charge is 0.261 e. The van der Waals surface area contributed by atoms with Crippen molar-refractivity contribution in [2.24, 2.45) is 5.41 Å². The molecular formula is C22H25FN2O4. The molecule has 6 nitrogen and oxygen atoms in total. The molecule has 2 aromatic rings. The Morgan fingerprint density at radius 2 is 2.03 bits per heavy atom. The topological polar surface area (TPSA) is 93.6 Å². The van der Waals surface area contributed by atoms with Gasteiger partial charge in [0.25, 0.3) is 11.5 Å². The summed E-state index contributed by atoms with van der Waals surface area (Å²) in [6.07, 6.45) is 2.42. The molecule has 2 heterocycles. The van der Waals surface area contributed by atoms with E-state index in [4.69, 9.17) is 0 Å². The summed E-state index contributed by atoms with van der Waals surface area (Å²) in [5.41, 5.74) is 1.43. The number of hydrogen-bond donors (Lipinski definition) is 3. The number of likely N-dealkylation sites (tertiary alicyclic amines) is 1. The molecule has 1 aliphatic heterocycles. The number of nitrogens with one attached hydrogen (secondary N) is 1. The fourth-order valence-corrected chi connectivity index (χ4v) is 4.56. The number of nitrogens with zero attached hydrogens (tertiary/aromatic N) is 1. The maximum Gasteiger partial charge on any atom is 0.261 e. The van der Waals surface area contributed by atoms with Gasteiger partial charge in [-0.15, -0.1) is 0 Å². The normalized spacial score (nSPS) is 23.8. The maximum absolute atomic E-state index is 13.2. The fraction of sp³-hybridized carbons (Fsp3) is 0.455. The number of benzene rings is 1. The first-order valence-corrected chi connectivity index (χ1v) is 9.99. The van der Waals surface area contributed by atoms with E-state index in [1.165, 1.54) is 12.1 Å². The van der Waals surface area contributed by atoms with E-state index in [2.05, 4.69) is 4.98 Å². The molecule has 1 aliphatic carbocycles. The van der Waals surface area contributed by atoms with Crippen LogP contribution in [-0.4, -0.2) is 51.8 Å². The lowest BCUT2D eigenvalue weighted by Crippen LogP contribution is -2.56. The number of aliphatic hydroxyl groups is 2. The summed E-state index contributed by atoms with van der Waals surface area (Å²) in [6, 6.07) is 7.59. The number of aromatic amines is 1. The van der Waals surface area contributed by atoms with Gasteiger partial charge in [-0.05, 0) is 61.4 Å². The van der Waals surface area contributed by atoms with Crippen molar-refractivity contribution in [1.29, 1.82) is 0 Å². The zero-order valence-electron chi connectivity index (χ0n) is 16.2. The highest BCUT2D eigenvalue weighted by Crippen LogP contribution is 2.34. The number of rotatable bonds is 4.